The first-order valence-corrected chi connectivity index (χ1v) is 6.12. The summed E-state index contributed by atoms with van der Waals surface area (Å²) in [4.78, 5) is 6.96. The number of aromatic nitrogens is 1. The maximum atomic E-state index is 5.06. The molecule has 4 nitrogen and oxygen atoms in total. The standard InChI is InChI=1S/C10H17N3OS/c1-14-7-10-12-9(8-15-10)6-13-4-2-11-3-5-13/h8,11H,2-7H2,1H3. The molecule has 0 aliphatic carbocycles. The van der Waals surface area contributed by atoms with Crippen LogP contribution < -0.4 is 5.32 Å². The SMILES string of the molecule is COCc1nc(CN2CCNCC2)cs1. The number of nitrogens with one attached hydrogen (secondary N) is 1. The van der Waals surface area contributed by atoms with Crippen LogP contribution in [0.15, 0.2) is 5.38 Å². The van der Waals surface area contributed by atoms with E-state index in [1.807, 2.05) is 0 Å². The highest BCUT2D eigenvalue weighted by atomic mass is 32.1. The molecule has 0 unspecified atom stereocenters. The first-order valence-electron chi connectivity index (χ1n) is 5.24. The fourth-order valence-electron chi connectivity index (χ4n) is 1.71. The van der Waals surface area contributed by atoms with Crippen molar-refractivity contribution in [3.8, 4) is 0 Å². The van der Waals surface area contributed by atoms with Gasteiger partial charge in [-0.3, -0.25) is 4.90 Å². The molecule has 1 aliphatic rings. The summed E-state index contributed by atoms with van der Waals surface area (Å²) >= 11 is 1.68. The quantitative estimate of drug-likeness (QED) is 0.821. The van der Waals surface area contributed by atoms with Gasteiger partial charge in [0.25, 0.3) is 0 Å². The van der Waals surface area contributed by atoms with Gasteiger partial charge in [0.15, 0.2) is 0 Å². The minimum absolute atomic E-state index is 0.631. The van der Waals surface area contributed by atoms with Crippen molar-refractivity contribution >= 4 is 11.3 Å². The van der Waals surface area contributed by atoms with E-state index >= 15 is 0 Å². The van der Waals surface area contributed by atoms with Gasteiger partial charge < -0.3 is 10.1 Å². The Labute approximate surface area is 94.3 Å². The van der Waals surface area contributed by atoms with Gasteiger partial charge in [-0.25, -0.2) is 4.98 Å². The fraction of sp³-hybridized carbons (Fsp3) is 0.700. The molecule has 0 radical (unpaired) electrons. The molecular weight excluding hydrogens is 210 g/mol. The second-order valence-corrected chi connectivity index (χ2v) is 4.63. The average molecular weight is 227 g/mol. The third-order valence-corrected chi connectivity index (χ3v) is 3.33. The van der Waals surface area contributed by atoms with Crippen molar-refractivity contribution in [3.63, 3.8) is 0 Å². The third kappa shape index (κ3) is 3.24. The fourth-order valence-corrected chi connectivity index (χ4v) is 2.46. The lowest BCUT2D eigenvalue weighted by atomic mass is 10.3. The highest BCUT2D eigenvalue weighted by Gasteiger charge is 2.11. The molecule has 0 atom stereocenters. The lowest BCUT2D eigenvalue weighted by molar-refractivity contribution is 0.184. The molecule has 5 heteroatoms. The Balaban J connectivity index is 1.86. The largest absolute Gasteiger partial charge is 0.378 e. The molecule has 0 aromatic carbocycles. The second kappa shape index (κ2) is 5.55. The Hall–Kier alpha value is -0.490. The van der Waals surface area contributed by atoms with E-state index in [0.29, 0.717) is 6.61 Å². The number of hydrogen-bond acceptors (Lipinski definition) is 5. The smallest absolute Gasteiger partial charge is 0.119 e. The Morgan fingerprint density at radius 2 is 2.33 bits per heavy atom. The Bertz CT molecular complexity index is 297. The van der Waals surface area contributed by atoms with Gasteiger partial charge in [0.05, 0.1) is 12.3 Å². The maximum absolute atomic E-state index is 5.06. The topological polar surface area (TPSA) is 37.4 Å². The first kappa shape index (κ1) is 11.0. The predicted molar refractivity (Wildman–Crippen MR) is 61.0 cm³/mol. The maximum Gasteiger partial charge on any atom is 0.119 e. The van der Waals surface area contributed by atoms with E-state index in [1.54, 1.807) is 18.4 Å². The number of nitrogens with zero attached hydrogens (tertiary/aromatic N) is 2. The second-order valence-electron chi connectivity index (χ2n) is 3.69. The van der Waals surface area contributed by atoms with Crippen LogP contribution >= 0.6 is 11.3 Å². The molecule has 1 aromatic heterocycles. The monoisotopic (exact) mass is 227 g/mol. The van der Waals surface area contributed by atoms with Crippen molar-refractivity contribution in [2.45, 2.75) is 13.2 Å². The number of hydrogen-bond donors (Lipinski definition) is 1. The minimum atomic E-state index is 0.631. The molecule has 0 spiro atoms. The van der Waals surface area contributed by atoms with Crippen LogP contribution in [0.3, 0.4) is 0 Å². The lowest BCUT2D eigenvalue weighted by Gasteiger charge is -2.26. The van der Waals surface area contributed by atoms with Crippen molar-refractivity contribution < 1.29 is 4.74 Å². The van der Waals surface area contributed by atoms with E-state index in [1.165, 1.54) is 5.69 Å². The number of rotatable bonds is 4. The van der Waals surface area contributed by atoms with E-state index in [9.17, 15) is 0 Å². The van der Waals surface area contributed by atoms with E-state index in [2.05, 4.69) is 20.6 Å². The highest BCUT2D eigenvalue weighted by molar-refractivity contribution is 7.09. The van der Waals surface area contributed by atoms with Crippen LogP contribution in [0.5, 0.6) is 0 Å². The molecule has 1 fully saturated rings. The van der Waals surface area contributed by atoms with Gasteiger partial charge in [-0.05, 0) is 0 Å². The molecule has 1 saturated heterocycles. The molecule has 1 aromatic rings. The summed E-state index contributed by atoms with van der Waals surface area (Å²) in [6.07, 6.45) is 0. The summed E-state index contributed by atoms with van der Waals surface area (Å²) < 4.78 is 5.06. The predicted octanol–water partition coefficient (Wildman–Crippen LogP) is 0.695. The number of thiazole rings is 1. The molecular formula is C10H17N3OS. The van der Waals surface area contributed by atoms with Crippen LogP contribution in [0, 0.1) is 0 Å². The van der Waals surface area contributed by atoms with Crippen LogP contribution in [0.25, 0.3) is 0 Å². The molecule has 1 N–H and O–H groups in total. The molecule has 0 saturated carbocycles. The van der Waals surface area contributed by atoms with Crippen molar-refractivity contribution in [3.05, 3.63) is 16.1 Å². The van der Waals surface area contributed by atoms with Crippen LogP contribution in [0.4, 0.5) is 0 Å². The number of piperazine rings is 1. The van der Waals surface area contributed by atoms with Gasteiger partial charge in [0.2, 0.25) is 0 Å². The van der Waals surface area contributed by atoms with Gasteiger partial charge in [0.1, 0.15) is 5.01 Å². The van der Waals surface area contributed by atoms with Crippen molar-refractivity contribution in [2.75, 3.05) is 33.3 Å². The Morgan fingerprint density at radius 1 is 1.53 bits per heavy atom. The minimum Gasteiger partial charge on any atom is -0.378 e. The van der Waals surface area contributed by atoms with Gasteiger partial charge in [-0.1, -0.05) is 0 Å². The summed E-state index contributed by atoms with van der Waals surface area (Å²) in [6, 6.07) is 0. The lowest BCUT2D eigenvalue weighted by Crippen LogP contribution is -2.42. The summed E-state index contributed by atoms with van der Waals surface area (Å²) in [5, 5.41) is 6.55. The third-order valence-electron chi connectivity index (χ3n) is 2.46. The van der Waals surface area contributed by atoms with Gasteiger partial charge in [-0.15, -0.1) is 11.3 Å². The van der Waals surface area contributed by atoms with Gasteiger partial charge >= 0.3 is 0 Å². The van der Waals surface area contributed by atoms with E-state index in [-0.39, 0.29) is 0 Å². The van der Waals surface area contributed by atoms with Crippen LogP contribution in [-0.2, 0) is 17.9 Å². The molecule has 84 valence electrons. The zero-order chi connectivity index (χ0) is 10.5. The molecule has 1 aliphatic heterocycles. The zero-order valence-corrected chi connectivity index (χ0v) is 9.85. The van der Waals surface area contributed by atoms with Gasteiger partial charge in [-0.2, -0.15) is 0 Å². The van der Waals surface area contributed by atoms with Crippen molar-refractivity contribution in [2.24, 2.45) is 0 Å². The summed E-state index contributed by atoms with van der Waals surface area (Å²) in [5.74, 6) is 0. The van der Waals surface area contributed by atoms with Crippen LogP contribution in [0.1, 0.15) is 10.7 Å². The summed E-state index contributed by atoms with van der Waals surface area (Å²) in [7, 11) is 1.71. The molecule has 0 bridgehead atoms. The average Bonchev–Trinajstić information content (AvgIpc) is 2.68. The number of methoxy groups -OCH3 is 1. The van der Waals surface area contributed by atoms with E-state index in [0.717, 1.165) is 37.7 Å². The molecule has 15 heavy (non-hydrogen) atoms. The molecule has 2 heterocycles. The van der Waals surface area contributed by atoms with E-state index in [4.69, 9.17) is 4.74 Å². The summed E-state index contributed by atoms with van der Waals surface area (Å²) in [5.41, 5.74) is 1.17. The van der Waals surface area contributed by atoms with Crippen LogP contribution in [0.2, 0.25) is 0 Å². The Morgan fingerprint density at radius 3 is 3.07 bits per heavy atom. The molecule has 0 amide bonds. The van der Waals surface area contributed by atoms with Crippen molar-refractivity contribution in [1.29, 1.82) is 0 Å². The molecule has 2 rings (SSSR count). The zero-order valence-electron chi connectivity index (χ0n) is 9.03. The summed E-state index contributed by atoms with van der Waals surface area (Å²) in [6.45, 7) is 6.03. The first-order chi connectivity index (χ1) is 7.38. The van der Waals surface area contributed by atoms with Crippen molar-refractivity contribution in [1.82, 2.24) is 15.2 Å². The number of ether oxygens (including phenoxy) is 1. The highest BCUT2D eigenvalue weighted by Crippen LogP contribution is 2.12. The van der Waals surface area contributed by atoms with Gasteiger partial charge in [0, 0.05) is 45.2 Å². The van der Waals surface area contributed by atoms with E-state index < -0.39 is 0 Å². The normalized spacial score (nSPS) is 18.2. The van der Waals surface area contributed by atoms with Crippen LogP contribution in [-0.4, -0.2) is 43.2 Å². The Kier molecular flexibility index (Phi) is 4.08.